The molecular formula is C25H25ClN2O4S. The van der Waals surface area contributed by atoms with Gasteiger partial charge in [0.25, 0.3) is 0 Å². The van der Waals surface area contributed by atoms with E-state index in [4.69, 9.17) is 16.0 Å². The van der Waals surface area contributed by atoms with Crippen molar-refractivity contribution < 1.29 is 17.6 Å². The summed E-state index contributed by atoms with van der Waals surface area (Å²) in [7, 11) is -3.51. The molecule has 6 nitrogen and oxygen atoms in total. The molecule has 0 aliphatic carbocycles. The van der Waals surface area contributed by atoms with Crippen LogP contribution in [-0.4, -0.2) is 31.7 Å². The number of nitrogens with one attached hydrogen (secondary N) is 1. The van der Waals surface area contributed by atoms with Gasteiger partial charge in [-0.05, 0) is 60.9 Å². The van der Waals surface area contributed by atoms with E-state index in [9.17, 15) is 13.2 Å². The quantitative estimate of drug-likeness (QED) is 0.515. The van der Waals surface area contributed by atoms with Crippen molar-refractivity contribution in [2.75, 3.05) is 13.1 Å². The number of sulfonamides is 1. The Morgan fingerprint density at radius 2 is 1.73 bits per heavy atom. The molecule has 1 aromatic heterocycles. The first-order valence-electron chi connectivity index (χ1n) is 10.8. The third-order valence-electron chi connectivity index (χ3n) is 5.64. The molecule has 0 radical (unpaired) electrons. The lowest BCUT2D eigenvalue weighted by Gasteiger charge is -2.29. The number of carbonyl (C=O) groups excluding carboxylic acids is 1. The van der Waals surface area contributed by atoms with E-state index >= 15 is 0 Å². The van der Waals surface area contributed by atoms with Crippen LogP contribution >= 0.6 is 11.6 Å². The summed E-state index contributed by atoms with van der Waals surface area (Å²) in [6.45, 7) is 0.923. The Bertz CT molecular complexity index is 1210. The maximum Gasteiger partial charge on any atom is 0.236 e. The van der Waals surface area contributed by atoms with Crippen molar-refractivity contribution in [1.29, 1.82) is 0 Å². The summed E-state index contributed by atoms with van der Waals surface area (Å²) in [5, 5.41) is 4.80. The van der Waals surface area contributed by atoms with Crippen LogP contribution in [0.4, 0.5) is 0 Å². The molecule has 172 valence electrons. The first-order chi connectivity index (χ1) is 15.9. The molecule has 1 saturated heterocycles. The molecule has 1 aliphatic heterocycles. The van der Waals surface area contributed by atoms with Crippen LogP contribution in [0.2, 0.25) is 5.02 Å². The number of nitrogens with zero attached hydrogens (tertiary/aromatic N) is 1. The summed E-state index contributed by atoms with van der Waals surface area (Å²) in [6.07, 6.45) is 2.56. The molecule has 0 unspecified atom stereocenters. The van der Waals surface area contributed by atoms with E-state index in [1.807, 2.05) is 54.6 Å². The van der Waals surface area contributed by atoms with E-state index in [1.165, 1.54) is 9.71 Å². The van der Waals surface area contributed by atoms with Gasteiger partial charge in [0.05, 0.1) is 6.54 Å². The molecule has 2 heterocycles. The van der Waals surface area contributed by atoms with Crippen LogP contribution < -0.4 is 5.32 Å². The minimum absolute atomic E-state index is 0.0867. The maximum absolute atomic E-state index is 12.6. The summed E-state index contributed by atoms with van der Waals surface area (Å²) in [6, 6.07) is 20.3. The Morgan fingerprint density at radius 3 is 2.42 bits per heavy atom. The second-order valence-corrected chi connectivity index (χ2v) is 10.2. The van der Waals surface area contributed by atoms with Crippen molar-refractivity contribution in [3.05, 3.63) is 88.5 Å². The fourth-order valence-electron chi connectivity index (χ4n) is 3.75. The van der Waals surface area contributed by atoms with Crippen molar-refractivity contribution in [2.45, 2.75) is 19.4 Å². The van der Waals surface area contributed by atoms with Gasteiger partial charge in [0, 0.05) is 35.0 Å². The highest BCUT2D eigenvalue weighted by Crippen LogP contribution is 2.24. The Labute approximate surface area is 198 Å². The van der Waals surface area contributed by atoms with Crippen molar-refractivity contribution in [2.24, 2.45) is 5.92 Å². The van der Waals surface area contributed by atoms with E-state index in [0.29, 0.717) is 42.5 Å². The van der Waals surface area contributed by atoms with Crippen LogP contribution in [0.3, 0.4) is 0 Å². The molecule has 33 heavy (non-hydrogen) atoms. The molecule has 0 bridgehead atoms. The van der Waals surface area contributed by atoms with Gasteiger partial charge in [-0.1, -0.05) is 41.9 Å². The topological polar surface area (TPSA) is 79.6 Å². The van der Waals surface area contributed by atoms with E-state index in [0.717, 1.165) is 11.1 Å². The molecule has 8 heteroatoms. The average molecular weight is 485 g/mol. The lowest BCUT2D eigenvalue weighted by molar-refractivity contribution is -0.126. The van der Waals surface area contributed by atoms with Crippen LogP contribution in [0.1, 0.15) is 24.2 Å². The normalized spacial score (nSPS) is 15.7. The van der Waals surface area contributed by atoms with Crippen LogP contribution in [0.25, 0.3) is 17.4 Å². The first kappa shape index (κ1) is 23.3. The van der Waals surface area contributed by atoms with Gasteiger partial charge in [-0.2, -0.15) is 4.31 Å². The minimum Gasteiger partial charge on any atom is -0.459 e. The molecule has 0 spiro atoms. The van der Waals surface area contributed by atoms with Crippen molar-refractivity contribution >= 4 is 33.6 Å². The molecule has 2 aromatic carbocycles. The zero-order valence-electron chi connectivity index (χ0n) is 18.0. The predicted molar refractivity (Wildman–Crippen MR) is 130 cm³/mol. The number of benzene rings is 2. The van der Waals surface area contributed by atoms with Crippen molar-refractivity contribution in [3.63, 3.8) is 0 Å². The van der Waals surface area contributed by atoms with Crippen LogP contribution in [0.15, 0.2) is 76.6 Å². The summed E-state index contributed by atoms with van der Waals surface area (Å²) < 4.78 is 32.5. The zero-order chi connectivity index (χ0) is 23.3. The van der Waals surface area contributed by atoms with Crippen molar-refractivity contribution in [3.8, 4) is 11.3 Å². The molecular weight excluding hydrogens is 460 g/mol. The van der Waals surface area contributed by atoms with Gasteiger partial charge in [-0.3, -0.25) is 4.79 Å². The molecule has 4 rings (SSSR count). The molecule has 3 aromatic rings. The Morgan fingerprint density at radius 1 is 1.03 bits per heavy atom. The first-order valence-corrected chi connectivity index (χ1v) is 12.6. The van der Waals surface area contributed by atoms with Crippen LogP contribution in [0.5, 0.6) is 0 Å². The molecule has 0 saturated carbocycles. The Kier molecular flexibility index (Phi) is 7.33. The van der Waals surface area contributed by atoms with Gasteiger partial charge in [0.1, 0.15) is 11.5 Å². The maximum atomic E-state index is 12.6. The summed E-state index contributed by atoms with van der Waals surface area (Å²) in [5.41, 5.74) is 1.74. The number of amides is 1. The summed E-state index contributed by atoms with van der Waals surface area (Å²) >= 11 is 5.92. The van der Waals surface area contributed by atoms with Gasteiger partial charge >= 0.3 is 0 Å². The highest BCUT2D eigenvalue weighted by atomic mass is 35.5. The lowest BCUT2D eigenvalue weighted by Crippen LogP contribution is -2.42. The highest BCUT2D eigenvalue weighted by molar-refractivity contribution is 7.92. The third-order valence-corrected chi connectivity index (χ3v) is 7.46. The van der Waals surface area contributed by atoms with Crippen LogP contribution in [-0.2, 0) is 21.4 Å². The van der Waals surface area contributed by atoms with Gasteiger partial charge in [0.15, 0.2) is 0 Å². The number of hydrogen-bond donors (Lipinski definition) is 1. The van der Waals surface area contributed by atoms with Crippen molar-refractivity contribution in [1.82, 2.24) is 9.62 Å². The van der Waals surface area contributed by atoms with E-state index in [-0.39, 0.29) is 18.4 Å². The zero-order valence-corrected chi connectivity index (χ0v) is 19.6. The fourth-order valence-corrected chi connectivity index (χ4v) is 5.10. The second-order valence-electron chi connectivity index (χ2n) is 7.92. The highest BCUT2D eigenvalue weighted by Gasteiger charge is 2.29. The number of rotatable bonds is 7. The smallest absolute Gasteiger partial charge is 0.236 e. The minimum atomic E-state index is -3.51. The van der Waals surface area contributed by atoms with Gasteiger partial charge in [-0.25, -0.2) is 8.42 Å². The summed E-state index contributed by atoms with van der Waals surface area (Å²) in [5.74, 6) is 1.05. The number of piperidine rings is 1. The number of hydrogen-bond acceptors (Lipinski definition) is 4. The number of carbonyl (C=O) groups is 1. The van der Waals surface area contributed by atoms with Gasteiger partial charge < -0.3 is 9.73 Å². The average Bonchev–Trinajstić information content (AvgIpc) is 3.31. The van der Waals surface area contributed by atoms with E-state index < -0.39 is 10.0 Å². The second kappa shape index (κ2) is 10.4. The Balaban J connectivity index is 1.26. The lowest BCUT2D eigenvalue weighted by atomic mass is 9.97. The molecule has 1 amide bonds. The van der Waals surface area contributed by atoms with Crippen LogP contribution in [0, 0.1) is 5.92 Å². The standard InChI is InChI=1S/C25H25ClN2O4S/c26-22-8-6-20(7-9-22)24-11-10-23(32-24)18-27-25(29)21-12-15-28(16-13-21)33(30,31)17-14-19-4-2-1-3-5-19/h1-11,14,17,21H,12-13,15-16,18H2,(H,27,29). The van der Waals surface area contributed by atoms with E-state index in [2.05, 4.69) is 5.32 Å². The summed E-state index contributed by atoms with van der Waals surface area (Å²) in [4.78, 5) is 12.6. The fraction of sp³-hybridized carbons (Fsp3) is 0.240. The predicted octanol–water partition coefficient (Wildman–Crippen LogP) is 4.93. The van der Waals surface area contributed by atoms with E-state index in [1.54, 1.807) is 18.2 Å². The third kappa shape index (κ3) is 6.13. The number of furan rings is 1. The van der Waals surface area contributed by atoms with Gasteiger partial charge in [0.2, 0.25) is 15.9 Å². The largest absolute Gasteiger partial charge is 0.459 e. The molecule has 1 fully saturated rings. The molecule has 1 N–H and O–H groups in total. The van der Waals surface area contributed by atoms with Gasteiger partial charge in [-0.15, -0.1) is 0 Å². The Hall–Kier alpha value is -2.87. The molecule has 1 aliphatic rings. The monoisotopic (exact) mass is 484 g/mol. The SMILES string of the molecule is O=C(NCc1ccc(-c2ccc(Cl)cc2)o1)C1CCN(S(=O)(=O)C=Cc2ccccc2)CC1. The molecule has 0 atom stereocenters. The number of halogens is 1.